The molecule has 0 unspecified atom stereocenters. The Morgan fingerprint density at radius 1 is 1.42 bits per heavy atom. The van der Waals surface area contributed by atoms with Crippen molar-refractivity contribution in [2.24, 2.45) is 11.1 Å². The summed E-state index contributed by atoms with van der Waals surface area (Å²) in [6, 6.07) is 0. The van der Waals surface area contributed by atoms with Crippen LogP contribution in [0.3, 0.4) is 0 Å². The Bertz CT molecular complexity index is 217. The third kappa shape index (κ3) is 1.46. The second kappa shape index (κ2) is 2.22. The fraction of sp³-hybridized carbons (Fsp3) is 0.889. The van der Waals surface area contributed by atoms with E-state index < -0.39 is 5.54 Å². The Balaban J connectivity index is 1.76. The quantitative estimate of drug-likeness (QED) is 0.640. The molecule has 2 saturated carbocycles. The molecule has 68 valence electrons. The van der Waals surface area contributed by atoms with Crippen molar-refractivity contribution >= 4 is 5.91 Å². The first-order chi connectivity index (χ1) is 5.54. The van der Waals surface area contributed by atoms with Crippen LogP contribution in [0.2, 0.25) is 0 Å². The Morgan fingerprint density at radius 3 is 2.42 bits per heavy atom. The van der Waals surface area contributed by atoms with Crippen LogP contribution in [0.1, 0.15) is 32.6 Å². The second-order valence-electron chi connectivity index (χ2n) is 4.65. The van der Waals surface area contributed by atoms with Gasteiger partial charge < -0.3 is 11.1 Å². The number of rotatable bonds is 3. The number of amides is 1. The minimum absolute atomic E-state index is 0.0515. The van der Waals surface area contributed by atoms with Gasteiger partial charge in [0.25, 0.3) is 0 Å². The van der Waals surface area contributed by atoms with Crippen molar-refractivity contribution in [1.29, 1.82) is 0 Å². The number of hydrogen-bond donors (Lipinski definition) is 2. The monoisotopic (exact) mass is 168 g/mol. The first-order valence-corrected chi connectivity index (χ1v) is 4.61. The lowest BCUT2D eigenvalue weighted by molar-refractivity contribution is -0.123. The average molecular weight is 168 g/mol. The Labute approximate surface area is 72.7 Å². The van der Waals surface area contributed by atoms with Gasteiger partial charge in [-0.15, -0.1) is 0 Å². The molecule has 0 saturated heterocycles. The van der Waals surface area contributed by atoms with E-state index in [0.29, 0.717) is 5.41 Å². The molecule has 0 aromatic heterocycles. The van der Waals surface area contributed by atoms with Crippen LogP contribution in [-0.2, 0) is 4.79 Å². The molecule has 0 heterocycles. The Kier molecular flexibility index (Phi) is 1.49. The van der Waals surface area contributed by atoms with Crippen molar-refractivity contribution in [3.63, 3.8) is 0 Å². The molecule has 2 rings (SSSR count). The van der Waals surface area contributed by atoms with E-state index in [2.05, 4.69) is 12.2 Å². The van der Waals surface area contributed by atoms with Crippen LogP contribution in [0.25, 0.3) is 0 Å². The summed E-state index contributed by atoms with van der Waals surface area (Å²) in [4.78, 5) is 11.4. The predicted octanol–water partition coefficient (Wildman–Crippen LogP) is 0.394. The van der Waals surface area contributed by atoms with Crippen LogP contribution >= 0.6 is 0 Å². The molecule has 0 bridgehead atoms. The minimum atomic E-state index is -0.495. The maximum absolute atomic E-state index is 11.4. The molecular formula is C9H16N2O. The molecule has 0 atom stereocenters. The van der Waals surface area contributed by atoms with Crippen molar-refractivity contribution in [3.05, 3.63) is 0 Å². The van der Waals surface area contributed by atoms with Crippen molar-refractivity contribution in [3.8, 4) is 0 Å². The molecule has 0 spiro atoms. The number of carbonyl (C=O) groups excluding carboxylic acids is 1. The summed E-state index contributed by atoms with van der Waals surface area (Å²) in [5, 5.41) is 2.92. The molecular weight excluding hydrogens is 152 g/mol. The molecule has 3 N–H and O–H groups in total. The molecule has 2 aliphatic carbocycles. The highest BCUT2D eigenvalue weighted by atomic mass is 16.2. The van der Waals surface area contributed by atoms with Gasteiger partial charge in [0.2, 0.25) is 5.91 Å². The standard InChI is InChI=1S/C9H16N2O/c1-8(2-3-8)6-11-7(12)9(10)4-5-9/h2-6,10H2,1H3,(H,11,12). The summed E-state index contributed by atoms with van der Waals surface area (Å²) in [7, 11) is 0. The first kappa shape index (κ1) is 8.05. The Morgan fingerprint density at radius 2 is 2.00 bits per heavy atom. The Hall–Kier alpha value is -0.570. The van der Waals surface area contributed by atoms with Crippen LogP contribution in [0.4, 0.5) is 0 Å². The van der Waals surface area contributed by atoms with Gasteiger partial charge in [-0.05, 0) is 31.1 Å². The summed E-state index contributed by atoms with van der Waals surface area (Å²) in [5.74, 6) is 0.0515. The average Bonchev–Trinajstić information content (AvgIpc) is 2.89. The molecule has 1 amide bonds. The lowest BCUT2D eigenvalue weighted by Crippen LogP contribution is -2.44. The number of hydrogen-bond acceptors (Lipinski definition) is 2. The zero-order valence-corrected chi connectivity index (χ0v) is 7.52. The number of nitrogens with two attached hydrogens (primary N) is 1. The molecule has 0 aromatic carbocycles. The highest BCUT2D eigenvalue weighted by molar-refractivity contribution is 5.88. The van der Waals surface area contributed by atoms with Gasteiger partial charge in [-0.1, -0.05) is 6.92 Å². The van der Waals surface area contributed by atoms with Crippen LogP contribution in [0, 0.1) is 5.41 Å². The zero-order valence-electron chi connectivity index (χ0n) is 7.52. The van der Waals surface area contributed by atoms with E-state index in [-0.39, 0.29) is 5.91 Å². The van der Waals surface area contributed by atoms with E-state index in [1.165, 1.54) is 12.8 Å². The van der Waals surface area contributed by atoms with Crippen LogP contribution in [0.5, 0.6) is 0 Å². The SMILES string of the molecule is CC1(CNC(=O)C2(N)CC2)CC1. The fourth-order valence-electron chi connectivity index (χ4n) is 1.22. The van der Waals surface area contributed by atoms with E-state index >= 15 is 0 Å². The normalized spacial score (nSPS) is 27.8. The topological polar surface area (TPSA) is 55.1 Å². The molecule has 0 radical (unpaired) electrons. The van der Waals surface area contributed by atoms with Gasteiger partial charge in [0, 0.05) is 6.54 Å². The van der Waals surface area contributed by atoms with Gasteiger partial charge in [-0.3, -0.25) is 4.79 Å². The molecule has 12 heavy (non-hydrogen) atoms. The van der Waals surface area contributed by atoms with Gasteiger partial charge in [0.1, 0.15) is 0 Å². The summed E-state index contributed by atoms with van der Waals surface area (Å²) in [6.45, 7) is 3.01. The lowest BCUT2D eigenvalue weighted by atomic mass is 10.1. The summed E-state index contributed by atoms with van der Waals surface area (Å²) >= 11 is 0. The van der Waals surface area contributed by atoms with Crippen LogP contribution in [0.15, 0.2) is 0 Å². The summed E-state index contributed by atoms with van der Waals surface area (Å²) < 4.78 is 0. The maximum atomic E-state index is 11.4. The summed E-state index contributed by atoms with van der Waals surface area (Å²) in [5.41, 5.74) is 5.62. The van der Waals surface area contributed by atoms with Crippen LogP contribution < -0.4 is 11.1 Å². The van der Waals surface area contributed by atoms with Crippen molar-refractivity contribution in [2.45, 2.75) is 38.1 Å². The van der Waals surface area contributed by atoms with Gasteiger partial charge in [0.15, 0.2) is 0 Å². The van der Waals surface area contributed by atoms with E-state index in [4.69, 9.17) is 5.73 Å². The molecule has 3 heteroatoms. The third-order valence-corrected chi connectivity index (χ3v) is 3.02. The van der Waals surface area contributed by atoms with Crippen molar-refractivity contribution in [2.75, 3.05) is 6.54 Å². The predicted molar refractivity (Wildman–Crippen MR) is 46.5 cm³/mol. The van der Waals surface area contributed by atoms with E-state index in [1.54, 1.807) is 0 Å². The largest absolute Gasteiger partial charge is 0.354 e. The lowest BCUT2D eigenvalue weighted by Gasteiger charge is -2.13. The minimum Gasteiger partial charge on any atom is -0.354 e. The second-order valence-corrected chi connectivity index (χ2v) is 4.65. The van der Waals surface area contributed by atoms with Crippen LogP contribution in [-0.4, -0.2) is 18.0 Å². The first-order valence-electron chi connectivity index (χ1n) is 4.61. The smallest absolute Gasteiger partial charge is 0.240 e. The van der Waals surface area contributed by atoms with Crippen molar-refractivity contribution < 1.29 is 4.79 Å². The van der Waals surface area contributed by atoms with E-state index in [1.807, 2.05) is 0 Å². The van der Waals surface area contributed by atoms with Gasteiger partial charge in [-0.25, -0.2) is 0 Å². The van der Waals surface area contributed by atoms with Crippen molar-refractivity contribution in [1.82, 2.24) is 5.32 Å². The maximum Gasteiger partial charge on any atom is 0.240 e. The van der Waals surface area contributed by atoms with Gasteiger partial charge in [0.05, 0.1) is 5.54 Å². The fourth-order valence-corrected chi connectivity index (χ4v) is 1.22. The molecule has 3 nitrogen and oxygen atoms in total. The zero-order chi connectivity index (χ0) is 8.82. The number of carbonyl (C=O) groups is 1. The third-order valence-electron chi connectivity index (χ3n) is 3.02. The molecule has 0 aliphatic heterocycles. The van der Waals surface area contributed by atoms with E-state index in [0.717, 1.165) is 19.4 Å². The van der Waals surface area contributed by atoms with Gasteiger partial charge >= 0.3 is 0 Å². The summed E-state index contributed by atoms with van der Waals surface area (Å²) in [6.07, 6.45) is 4.20. The number of nitrogens with one attached hydrogen (secondary N) is 1. The molecule has 0 aromatic rings. The van der Waals surface area contributed by atoms with E-state index in [9.17, 15) is 4.79 Å². The highest BCUT2D eigenvalue weighted by Gasteiger charge is 2.47. The van der Waals surface area contributed by atoms with Gasteiger partial charge in [-0.2, -0.15) is 0 Å². The highest BCUT2D eigenvalue weighted by Crippen LogP contribution is 2.44. The molecule has 2 aliphatic rings. The molecule has 2 fully saturated rings.